The van der Waals surface area contributed by atoms with Crippen molar-refractivity contribution in [3.63, 3.8) is 0 Å². The lowest BCUT2D eigenvalue weighted by atomic mass is 9.69. The summed E-state index contributed by atoms with van der Waals surface area (Å²) in [6, 6.07) is 0. The summed E-state index contributed by atoms with van der Waals surface area (Å²) in [5.41, 5.74) is 0.290. The molecule has 1 aliphatic rings. The standard InChI is InChI=1S/C28H58N2O5S2/c1-25(2,3)23-34-18-10-21-37(32,33)22-16-30-28(8)13-11-27(7,12-14-28)24-35-17-9-19-36(31)20-15-29-26(4,5)6/h29-30H,9-24H2,1-8H3. The lowest BCUT2D eigenvalue weighted by Gasteiger charge is -2.43. The Labute approximate surface area is 231 Å². The minimum atomic E-state index is -3.07. The van der Waals surface area contributed by atoms with Gasteiger partial charge in [-0.25, -0.2) is 8.42 Å². The van der Waals surface area contributed by atoms with Gasteiger partial charge in [0.2, 0.25) is 0 Å². The van der Waals surface area contributed by atoms with Crippen molar-refractivity contribution in [2.75, 3.05) is 62.5 Å². The molecule has 7 nitrogen and oxygen atoms in total. The molecule has 1 rings (SSSR count). The van der Waals surface area contributed by atoms with E-state index in [0.29, 0.717) is 44.3 Å². The number of nitrogens with one attached hydrogen (secondary N) is 2. The van der Waals surface area contributed by atoms with Crippen molar-refractivity contribution in [3.05, 3.63) is 0 Å². The smallest absolute Gasteiger partial charge is 0.151 e. The molecular formula is C28H58N2O5S2. The fourth-order valence-corrected chi connectivity index (χ4v) is 6.53. The molecule has 1 atom stereocenters. The minimum Gasteiger partial charge on any atom is -0.381 e. The van der Waals surface area contributed by atoms with Crippen LogP contribution in [0.15, 0.2) is 0 Å². The average molecular weight is 567 g/mol. The Balaban J connectivity index is 2.19. The Morgan fingerprint density at radius 2 is 1.46 bits per heavy atom. The van der Waals surface area contributed by atoms with Crippen molar-refractivity contribution < 1.29 is 22.1 Å². The van der Waals surface area contributed by atoms with E-state index in [0.717, 1.165) is 45.3 Å². The van der Waals surface area contributed by atoms with Crippen molar-refractivity contribution in [1.29, 1.82) is 0 Å². The van der Waals surface area contributed by atoms with Gasteiger partial charge in [0.1, 0.15) is 0 Å². The third-order valence-corrected chi connectivity index (χ3v) is 10.0. The van der Waals surface area contributed by atoms with Gasteiger partial charge in [0.25, 0.3) is 0 Å². The number of rotatable bonds is 18. The highest BCUT2D eigenvalue weighted by Crippen LogP contribution is 2.40. The third-order valence-electron chi connectivity index (χ3n) is 6.90. The molecule has 1 saturated carbocycles. The maximum atomic E-state index is 12.4. The fourth-order valence-electron chi connectivity index (χ4n) is 4.38. The number of ether oxygens (including phenoxy) is 2. The van der Waals surface area contributed by atoms with Crippen LogP contribution in [0.3, 0.4) is 0 Å². The molecule has 0 saturated heterocycles. The summed E-state index contributed by atoms with van der Waals surface area (Å²) in [6.45, 7) is 21.0. The molecule has 0 bridgehead atoms. The van der Waals surface area contributed by atoms with Crippen LogP contribution in [0.25, 0.3) is 0 Å². The molecular weight excluding hydrogens is 508 g/mol. The summed E-state index contributed by atoms with van der Waals surface area (Å²) in [6.07, 6.45) is 5.52. The molecule has 1 fully saturated rings. The van der Waals surface area contributed by atoms with E-state index in [2.05, 4.69) is 66.0 Å². The molecule has 0 radical (unpaired) electrons. The van der Waals surface area contributed by atoms with Crippen molar-refractivity contribution in [3.8, 4) is 0 Å². The second-order valence-corrected chi connectivity index (χ2v) is 17.8. The highest BCUT2D eigenvalue weighted by molar-refractivity contribution is 7.91. The van der Waals surface area contributed by atoms with E-state index in [1.807, 2.05) is 0 Å². The van der Waals surface area contributed by atoms with E-state index in [-0.39, 0.29) is 33.4 Å². The summed E-state index contributed by atoms with van der Waals surface area (Å²) in [7, 11) is -3.87. The molecule has 0 heterocycles. The van der Waals surface area contributed by atoms with Gasteiger partial charge in [-0.2, -0.15) is 0 Å². The lowest BCUT2D eigenvalue weighted by molar-refractivity contribution is 0.0149. The minimum absolute atomic E-state index is 0.0250. The predicted molar refractivity (Wildman–Crippen MR) is 158 cm³/mol. The van der Waals surface area contributed by atoms with Gasteiger partial charge in [-0.1, -0.05) is 27.7 Å². The monoisotopic (exact) mass is 566 g/mol. The van der Waals surface area contributed by atoms with E-state index in [1.165, 1.54) is 0 Å². The first-order valence-corrected chi connectivity index (χ1v) is 17.4. The van der Waals surface area contributed by atoms with Gasteiger partial charge >= 0.3 is 0 Å². The van der Waals surface area contributed by atoms with Crippen molar-refractivity contribution >= 4 is 20.6 Å². The van der Waals surface area contributed by atoms with Crippen molar-refractivity contribution in [2.24, 2.45) is 10.8 Å². The predicted octanol–water partition coefficient (Wildman–Crippen LogP) is 4.33. The van der Waals surface area contributed by atoms with Gasteiger partial charge in [-0.15, -0.1) is 0 Å². The highest BCUT2D eigenvalue weighted by Gasteiger charge is 2.37. The molecule has 0 aromatic heterocycles. The maximum absolute atomic E-state index is 12.4. The largest absolute Gasteiger partial charge is 0.381 e. The fraction of sp³-hybridized carbons (Fsp3) is 1.00. The quantitative estimate of drug-likeness (QED) is 0.239. The van der Waals surface area contributed by atoms with E-state index in [1.54, 1.807) is 0 Å². The Kier molecular flexibility index (Phi) is 14.8. The lowest BCUT2D eigenvalue weighted by Crippen LogP contribution is -2.49. The first-order chi connectivity index (χ1) is 16.9. The highest BCUT2D eigenvalue weighted by atomic mass is 32.2. The zero-order chi connectivity index (χ0) is 28.2. The molecule has 1 aliphatic carbocycles. The van der Waals surface area contributed by atoms with Crippen LogP contribution in [-0.2, 0) is 30.1 Å². The average Bonchev–Trinajstić information content (AvgIpc) is 2.74. The van der Waals surface area contributed by atoms with Gasteiger partial charge in [0.05, 0.1) is 24.7 Å². The Bertz CT molecular complexity index is 764. The van der Waals surface area contributed by atoms with E-state index in [4.69, 9.17) is 9.47 Å². The Morgan fingerprint density at radius 3 is 2.05 bits per heavy atom. The zero-order valence-corrected chi connectivity index (χ0v) is 26.8. The first-order valence-electron chi connectivity index (χ1n) is 14.1. The molecule has 0 amide bonds. The van der Waals surface area contributed by atoms with E-state index < -0.39 is 20.6 Å². The van der Waals surface area contributed by atoms with Gasteiger partial charge in [0, 0.05) is 59.7 Å². The Hall–Kier alpha value is -0.0600. The van der Waals surface area contributed by atoms with Gasteiger partial charge in [-0.05, 0) is 77.0 Å². The van der Waals surface area contributed by atoms with Crippen LogP contribution in [0.1, 0.15) is 93.9 Å². The van der Waals surface area contributed by atoms with Crippen molar-refractivity contribution in [1.82, 2.24) is 10.6 Å². The molecule has 0 aliphatic heterocycles. The number of hydrogen-bond acceptors (Lipinski definition) is 7. The first kappa shape index (κ1) is 35.0. The van der Waals surface area contributed by atoms with Gasteiger partial charge in [-0.3, -0.25) is 4.21 Å². The SMILES string of the molecule is CC(C)(C)COCCCS(=O)(=O)CCNC1(C)CCC(C)(COCCCS(=O)CCNC(C)(C)C)CC1. The normalized spacial score (nSPS) is 24.3. The number of sulfone groups is 1. The third kappa shape index (κ3) is 18.0. The molecule has 0 aromatic carbocycles. The van der Waals surface area contributed by atoms with Crippen LogP contribution in [0.4, 0.5) is 0 Å². The maximum Gasteiger partial charge on any atom is 0.151 e. The zero-order valence-electron chi connectivity index (χ0n) is 25.2. The van der Waals surface area contributed by atoms with E-state index >= 15 is 0 Å². The molecule has 222 valence electrons. The molecule has 1 unspecified atom stereocenters. The van der Waals surface area contributed by atoms with Gasteiger partial charge < -0.3 is 20.1 Å². The van der Waals surface area contributed by atoms with Gasteiger partial charge in [0.15, 0.2) is 9.84 Å². The summed E-state index contributed by atoms with van der Waals surface area (Å²) in [5, 5.41) is 6.92. The van der Waals surface area contributed by atoms with Crippen LogP contribution >= 0.6 is 0 Å². The topological polar surface area (TPSA) is 93.7 Å². The molecule has 0 spiro atoms. The van der Waals surface area contributed by atoms with Crippen LogP contribution in [0.5, 0.6) is 0 Å². The summed E-state index contributed by atoms with van der Waals surface area (Å²) in [5.74, 6) is 1.74. The molecule has 2 N–H and O–H groups in total. The second-order valence-electron chi connectivity index (χ2n) is 13.8. The van der Waals surface area contributed by atoms with Crippen molar-refractivity contribution in [2.45, 2.75) is 105 Å². The summed E-state index contributed by atoms with van der Waals surface area (Å²) in [4.78, 5) is 0. The van der Waals surface area contributed by atoms with Crippen LogP contribution < -0.4 is 10.6 Å². The second kappa shape index (κ2) is 15.7. The number of hydrogen-bond donors (Lipinski definition) is 2. The van der Waals surface area contributed by atoms with Crippen LogP contribution in [0.2, 0.25) is 0 Å². The summed E-state index contributed by atoms with van der Waals surface area (Å²) < 4.78 is 48.6. The van der Waals surface area contributed by atoms with Crippen LogP contribution in [0, 0.1) is 10.8 Å². The van der Waals surface area contributed by atoms with E-state index in [9.17, 15) is 12.6 Å². The molecule has 9 heteroatoms. The Morgan fingerprint density at radius 1 is 0.838 bits per heavy atom. The molecule has 0 aromatic rings. The van der Waals surface area contributed by atoms with Crippen LogP contribution in [-0.4, -0.2) is 86.2 Å². The summed E-state index contributed by atoms with van der Waals surface area (Å²) >= 11 is 0. The molecule has 37 heavy (non-hydrogen) atoms.